The molecule has 21 heavy (non-hydrogen) atoms. The first kappa shape index (κ1) is 13.2. The summed E-state index contributed by atoms with van der Waals surface area (Å²) >= 11 is 0. The fraction of sp³-hybridized carbons (Fsp3) is 0.200. The number of Topliss-reactive ketones (excluding diaryl/α,β-unsaturated/α-hetero) is 1. The second kappa shape index (κ2) is 5.70. The lowest BCUT2D eigenvalue weighted by atomic mass is 10.1. The minimum Gasteiger partial charge on any atom is -0.486 e. The molecule has 108 valence electrons. The van der Waals surface area contributed by atoms with Crippen molar-refractivity contribution in [2.75, 3.05) is 19.8 Å². The van der Waals surface area contributed by atoms with E-state index in [1.165, 1.54) is 12.3 Å². The minimum atomic E-state index is -0.675. The molecule has 0 aliphatic carbocycles. The van der Waals surface area contributed by atoms with Crippen LogP contribution in [0.15, 0.2) is 41.0 Å². The van der Waals surface area contributed by atoms with E-state index >= 15 is 0 Å². The van der Waals surface area contributed by atoms with Crippen molar-refractivity contribution in [2.24, 2.45) is 0 Å². The maximum Gasteiger partial charge on any atom is 0.374 e. The van der Waals surface area contributed by atoms with E-state index in [4.69, 9.17) is 18.6 Å². The standard InChI is InChI=1S/C15H12O6/c16-11(9-21-15(17)13-2-1-5-18-13)10-3-4-12-14(8-10)20-7-6-19-12/h1-5,8H,6-7,9H2. The number of esters is 1. The number of carbonyl (C=O) groups is 2. The summed E-state index contributed by atoms with van der Waals surface area (Å²) in [5.41, 5.74) is 0.395. The molecule has 2 aromatic rings. The van der Waals surface area contributed by atoms with Crippen molar-refractivity contribution in [1.29, 1.82) is 0 Å². The Morgan fingerprint density at radius 2 is 1.90 bits per heavy atom. The molecular weight excluding hydrogens is 276 g/mol. The molecule has 1 aliphatic rings. The highest BCUT2D eigenvalue weighted by molar-refractivity contribution is 5.99. The van der Waals surface area contributed by atoms with E-state index in [9.17, 15) is 9.59 Å². The monoisotopic (exact) mass is 288 g/mol. The Morgan fingerprint density at radius 3 is 2.67 bits per heavy atom. The van der Waals surface area contributed by atoms with E-state index in [1.54, 1.807) is 24.3 Å². The van der Waals surface area contributed by atoms with Crippen LogP contribution in [0.5, 0.6) is 11.5 Å². The number of ether oxygens (including phenoxy) is 3. The van der Waals surface area contributed by atoms with Gasteiger partial charge in [-0.1, -0.05) is 0 Å². The van der Waals surface area contributed by atoms with Gasteiger partial charge in [0, 0.05) is 5.56 Å². The van der Waals surface area contributed by atoms with E-state index in [2.05, 4.69) is 0 Å². The van der Waals surface area contributed by atoms with Gasteiger partial charge in [0.15, 0.2) is 23.9 Å². The molecular formula is C15H12O6. The first-order valence-corrected chi connectivity index (χ1v) is 6.37. The van der Waals surface area contributed by atoms with Gasteiger partial charge < -0.3 is 18.6 Å². The van der Waals surface area contributed by atoms with Gasteiger partial charge in [0.05, 0.1) is 6.26 Å². The van der Waals surface area contributed by atoms with E-state index in [0.29, 0.717) is 30.3 Å². The number of carbonyl (C=O) groups excluding carboxylic acids is 2. The lowest BCUT2D eigenvalue weighted by Gasteiger charge is -2.18. The van der Waals surface area contributed by atoms with Gasteiger partial charge in [0.25, 0.3) is 0 Å². The molecule has 1 aliphatic heterocycles. The zero-order valence-corrected chi connectivity index (χ0v) is 11.0. The maximum atomic E-state index is 12.0. The Kier molecular flexibility index (Phi) is 3.59. The topological polar surface area (TPSA) is 75.0 Å². The van der Waals surface area contributed by atoms with Gasteiger partial charge in [-0.25, -0.2) is 4.79 Å². The Balaban J connectivity index is 1.64. The minimum absolute atomic E-state index is 0.0602. The number of hydrogen-bond donors (Lipinski definition) is 0. The lowest BCUT2D eigenvalue weighted by molar-refractivity contribution is 0.0444. The molecule has 6 heteroatoms. The number of hydrogen-bond acceptors (Lipinski definition) is 6. The van der Waals surface area contributed by atoms with Crippen LogP contribution in [0.2, 0.25) is 0 Å². The summed E-state index contributed by atoms with van der Waals surface area (Å²) in [6.07, 6.45) is 1.36. The van der Waals surface area contributed by atoms with E-state index in [-0.39, 0.29) is 18.2 Å². The molecule has 0 bridgehead atoms. The molecule has 0 spiro atoms. The Hall–Kier alpha value is -2.76. The molecule has 1 aromatic heterocycles. The summed E-state index contributed by atoms with van der Waals surface area (Å²) in [5.74, 6) is 0.178. The fourth-order valence-electron chi connectivity index (χ4n) is 1.90. The van der Waals surface area contributed by atoms with Crippen LogP contribution >= 0.6 is 0 Å². The van der Waals surface area contributed by atoms with Gasteiger partial charge in [-0.05, 0) is 30.3 Å². The summed E-state index contributed by atoms with van der Waals surface area (Å²) in [7, 11) is 0. The predicted molar refractivity (Wildman–Crippen MR) is 70.8 cm³/mol. The van der Waals surface area contributed by atoms with E-state index in [0.717, 1.165) is 0 Å². The third kappa shape index (κ3) is 2.89. The quantitative estimate of drug-likeness (QED) is 0.633. The zero-order valence-electron chi connectivity index (χ0n) is 11.0. The van der Waals surface area contributed by atoms with Crippen molar-refractivity contribution in [1.82, 2.24) is 0 Å². The predicted octanol–water partition coefficient (Wildman–Crippen LogP) is 2.09. The van der Waals surface area contributed by atoms with Crippen molar-refractivity contribution in [3.63, 3.8) is 0 Å². The number of rotatable bonds is 4. The van der Waals surface area contributed by atoms with Crippen molar-refractivity contribution in [3.05, 3.63) is 47.9 Å². The molecule has 0 amide bonds. The van der Waals surface area contributed by atoms with Crippen LogP contribution in [-0.4, -0.2) is 31.6 Å². The molecule has 3 rings (SSSR count). The highest BCUT2D eigenvalue weighted by Crippen LogP contribution is 2.30. The normalized spacial score (nSPS) is 12.8. The van der Waals surface area contributed by atoms with Crippen LogP contribution in [-0.2, 0) is 4.74 Å². The summed E-state index contributed by atoms with van der Waals surface area (Å²) in [6, 6.07) is 7.89. The van der Waals surface area contributed by atoms with Crippen LogP contribution in [0.3, 0.4) is 0 Å². The van der Waals surface area contributed by atoms with Gasteiger partial charge >= 0.3 is 5.97 Å². The van der Waals surface area contributed by atoms with Crippen LogP contribution in [0.4, 0.5) is 0 Å². The van der Waals surface area contributed by atoms with Gasteiger partial charge in [-0.15, -0.1) is 0 Å². The molecule has 0 N–H and O–H groups in total. The van der Waals surface area contributed by atoms with E-state index < -0.39 is 5.97 Å². The van der Waals surface area contributed by atoms with Gasteiger partial charge in [-0.2, -0.15) is 0 Å². The number of furan rings is 1. The molecule has 0 radical (unpaired) electrons. The van der Waals surface area contributed by atoms with Crippen molar-refractivity contribution < 1.29 is 28.2 Å². The first-order valence-electron chi connectivity index (χ1n) is 6.37. The third-order valence-electron chi connectivity index (χ3n) is 2.92. The molecule has 1 aromatic carbocycles. The summed E-state index contributed by atoms with van der Waals surface area (Å²) < 4.78 is 20.5. The Labute approximate surface area is 120 Å². The zero-order chi connectivity index (χ0) is 14.7. The molecule has 2 heterocycles. The van der Waals surface area contributed by atoms with Crippen LogP contribution < -0.4 is 9.47 Å². The van der Waals surface area contributed by atoms with Gasteiger partial charge in [-0.3, -0.25) is 4.79 Å². The number of benzene rings is 1. The first-order chi connectivity index (χ1) is 10.2. The molecule has 0 unspecified atom stereocenters. The number of fused-ring (bicyclic) bond motifs is 1. The molecule has 0 saturated carbocycles. The highest BCUT2D eigenvalue weighted by atomic mass is 16.6. The molecule has 6 nitrogen and oxygen atoms in total. The summed E-state index contributed by atoms with van der Waals surface area (Å²) in [5, 5.41) is 0. The summed E-state index contributed by atoms with van der Waals surface area (Å²) in [4.78, 5) is 23.6. The third-order valence-corrected chi connectivity index (χ3v) is 2.92. The average molecular weight is 288 g/mol. The fourth-order valence-corrected chi connectivity index (χ4v) is 1.90. The molecule has 0 atom stereocenters. The van der Waals surface area contributed by atoms with Crippen molar-refractivity contribution >= 4 is 11.8 Å². The SMILES string of the molecule is O=C(COC(=O)c1ccco1)c1ccc2c(c1)OCCO2. The van der Waals surface area contributed by atoms with Gasteiger partial charge in [0.2, 0.25) is 5.76 Å². The number of ketones is 1. The average Bonchev–Trinajstić information content (AvgIpc) is 3.06. The smallest absolute Gasteiger partial charge is 0.374 e. The Morgan fingerprint density at radius 1 is 1.10 bits per heavy atom. The molecule has 0 saturated heterocycles. The van der Waals surface area contributed by atoms with Crippen LogP contribution in [0, 0.1) is 0 Å². The molecule has 0 fully saturated rings. The summed E-state index contributed by atoms with van der Waals surface area (Å²) in [6.45, 7) is 0.568. The van der Waals surface area contributed by atoms with Crippen LogP contribution in [0.1, 0.15) is 20.9 Å². The Bertz CT molecular complexity index is 659. The highest BCUT2D eigenvalue weighted by Gasteiger charge is 2.17. The van der Waals surface area contributed by atoms with Crippen molar-refractivity contribution in [2.45, 2.75) is 0 Å². The second-order valence-electron chi connectivity index (χ2n) is 4.34. The van der Waals surface area contributed by atoms with Crippen molar-refractivity contribution in [3.8, 4) is 11.5 Å². The van der Waals surface area contributed by atoms with E-state index in [1.807, 2.05) is 0 Å². The largest absolute Gasteiger partial charge is 0.486 e. The lowest BCUT2D eigenvalue weighted by Crippen LogP contribution is -2.17. The maximum absolute atomic E-state index is 12.0. The second-order valence-corrected chi connectivity index (χ2v) is 4.34. The van der Waals surface area contributed by atoms with Gasteiger partial charge in [0.1, 0.15) is 13.2 Å². The van der Waals surface area contributed by atoms with Crippen LogP contribution in [0.25, 0.3) is 0 Å².